The number of anilines is 1. The maximum atomic E-state index is 6.30. The van der Waals surface area contributed by atoms with E-state index in [9.17, 15) is 0 Å². The molecule has 0 amide bonds. The Morgan fingerprint density at radius 1 is 1.30 bits per heavy atom. The van der Waals surface area contributed by atoms with E-state index >= 15 is 0 Å². The number of rotatable bonds is 4. The van der Waals surface area contributed by atoms with E-state index in [-0.39, 0.29) is 0 Å². The van der Waals surface area contributed by atoms with Crippen LogP contribution in [0, 0.1) is 13.8 Å². The third-order valence-corrected chi connectivity index (χ3v) is 3.64. The lowest BCUT2D eigenvalue weighted by Gasteiger charge is -2.09. The number of imidazole rings is 1. The fourth-order valence-electron chi connectivity index (χ4n) is 2.35. The van der Waals surface area contributed by atoms with Gasteiger partial charge >= 0.3 is 0 Å². The Balaban J connectivity index is 2.59. The van der Waals surface area contributed by atoms with E-state index in [1.165, 1.54) is 11.1 Å². The van der Waals surface area contributed by atoms with Crippen LogP contribution in [0.4, 0.5) is 5.82 Å². The zero-order chi connectivity index (χ0) is 14.9. The molecule has 0 fully saturated rings. The zero-order valence-corrected chi connectivity index (χ0v) is 12.8. The molecule has 0 aliphatic heterocycles. The molecule has 0 aliphatic carbocycles. The highest BCUT2D eigenvalue weighted by molar-refractivity contribution is 5.72. The lowest BCUT2D eigenvalue weighted by molar-refractivity contribution is 0.684. The third kappa shape index (κ3) is 2.48. The van der Waals surface area contributed by atoms with E-state index in [4.69, 9.17) is 10.7 Å². The predicted octanol–water partition coefficient (Wildman–Crippen LogP) is 4.06. The Hall–Kier alpha value is -2.03. The normalized spacial score (nSPS) is 11.1. The summed E-state index contributed by atoms with van der Waals surface area (Å²) in [4.78, 5) is 4.76. The Morgan fingerprint density at radius 3 is 2.55 bits per heavy atom. The van der Waals surface area contributed by atoms with Crippen molar-refractivity contribution in [2.75, 3.05) is 5.73 Å². The van der Waals surface area contributed by atoms with Crippen molar-refractivity contribution in [2.45, 2.75) is 40.2 Å². The minimum atomic E-state index is 0.331. The Labute approximate surface area is 121 Å². The molecular formula is C17H23N3. The van der Waals surface area contributed by atoms with Gasteiger partial charge in [-0.25, -0.2) is 4.98 Å². The molecule has 1 aromatic carbocycles. The first kappa shape index (κ1) is 14.4. The quantitative estimate of drug-likeness (QED) is 0.851. The molecule has 0 saturated carbocycles. The summed E-state index contributed by atoms with van der Waals surface area (Å²) in [6.45, 7) is 13.0. The standard InChI is InChI=1S/C17H23N3/c1-6-9-20-16(18)15(19-17(20)11(2)3)14-8-7-12(4)13(5)10-14/h6-8,10-11H,1,9,18H2,2-5H3. The van der Waals surface area contributed by atoms with Crippen LogP contribution in [0.3, 0.4) is 0 Å². The van der Waals surface area contributed by atoms with Gasteiger partial charge in [0.05, 0.1) is 0 Å². The van der Waals surface area contributed by atoms with E-state index in [1.54, 1.807) is 0 Å². The second-order valence-electron chi connectivity index (χ2n) is 5.56. The Morgan fingerprint density at radius 2 is 2.00 bits per heavy atom. The first-order valence-electron chi connectivity index (χ1n) is 7.00. The minimum absolute atomic E-state index is 0.331. The van der Waals surface area contributed by atoms with Crippen molar-refractivity contribution in [1.29, 1.82) is 0 Å². The third-order valence-electron chi connectivity index (χ3n) is 3.64. The van der Waals surface area contributed by atoms with Gasteiger partial charge in [-0.15, -0.1) is 6.58 Å². The zero-order valence-electron chi connectivity index (χ0n) is 12.8. The fourth-order valence-corrected chi connectivity index (χ4v) is 2.35. The van der Waals surface area contributed by atoms with Gasteiger partial charge in [-0.1, -0.05) is 32.1 Å². The van der Waals surface area contributed by atoms with Gasteiger partial charge in [-0.05, 0) is 31.0 Å². The maximum absolute atomic E-state index is 6.30. The lowest BCUT2D eigenvalue weighted by atomic mass is 10.0. The van der Waals surface area contributed by atoms with Crippen LogP contribution in [0.1, 0.15) is 36.7 Å². The molecule has 0 unspecified atom stereocenters. The summed E-state index contributed by atoms with van der Waals surface area (Å²) in [6, 6.07) is 6.35. The van der Waals surface area contributed by atoms with Gasteiger partial charge in [0, 0.05) is 18.0 Å². The lowest BCUT2D eigenvalue weighted by Crippen LogP contribution is -2.07. The van der Waals surface area contributed by atoms with Gasteiger partial charge < -0.3 is 10.3 Å². The highest BCUT2D eigenvalue weighted by Crippen LogP contribution is 2.30. The van der Waals surface area contributed by atoms with Crippen molar-refractivity contribution in [3.63, 3.8) is 0 Å². The molecule has 2 rings (SSSR count). The number of benzene rings is 1. The molecule has 0 saturated heterocycles. The second-order valence-corrected chi connectivity index (χ2v) is 5.56. The largest absolute Gasteiger partial charge is 0.383 e. The van der Waals surface area contributed by atoms with Crippen molar-refractivity contribution in [3.8, 4) is 11.3 Å². The molecule has 3 heteroatoms. The molecule has 2 aromatic rings. The smallest absolute Gasteiger partial charge is 0.132 e. The number of allylic oxidation sites excluding steroid dienone is 1. The number of nitrogens with two attached hydrogens (primary N) is 1. The summed E-state index contributed by atoms with van der Waals surface area (Å²) in [5, 5.41) is 0. The summed E-state index contributed by atoms with van der Waals surface area (Å²) >= 11 is 0. The number of hydrogen-bond donors (Lipinski definition) is 1. The van der Waals surface area contributed by atoms with E-state index < -0.39 is 0 Å². The molecule has 1 heterocycles. The maximum Gasteiger partial charge on any atom is 0.132 e. The van der Waals surface area contributed by atoms with E-state index in [0.717, 1.165) is 22.9 Å². The van der Waals surface area contributed by atoms with Crippen LogP contribution >= 0.6 is 0 Å². The van der Waals surface area contributed by atoms with Crippen molar-refractivity contribution in [2.24, 2.45) is 0 Å². The van der Waals surface area contributed by atoms with Crippen LogP contribution in [0.5, 0.6) is 0 Å². The number of hydrogen-bond acceptors (Lipinski definition) is 2. The number of nitrogens with zero attached hydrogens (tertiary/aromatic N) is 2. The molecule has 0 spiro atoms. The first-order valence-corrected chi connectivity index (χ1v) is 7.00. The number of nitrogen functional groups attached to an aromatic ring is 1. The molecule has 1 aromatic heterocycles. The average Bonchev–Trinajstić information content (AvgIpc) is 2.72. The SMILES string of the molecule is C=CCn1c(C(C)C)nc(-c2ccc(C)c(C)c2)c1N. The van der Waals surface area contributed by atoms with E-state index in [1.807, 2.05) is 10.6 Å². The van der Waals surface area contributed by atoms with Crippen LogP contribution in [0.15, 0.2) is 30.9 Å². The molecule has 3 nitrogen and oxygen atoms in total. The summed E-state index contributed by atoms with van der Waals surface area (Å²) in [7, 11) is 0. The first-order chi connectivity index (χ1) is 9.45. The average molecular weight is 269 g/mol. The van der Waals surface area contributed by atoms with Crippen LogP contribution in [-0.2, 0) is 6.54 Å². The molecule has 0 bridgehead atoms. The van der Waals surface area contributed by atoms with Crippen molar-refractivity contribution in [1.82, 2.24) is 9.55 Å². The molecule has 106 valence electrons. The molecule has 0 radical (unpaired) electrons. The highest BCUT2D eigenvalue weighted by atomic mass is 15.1. The van der Waals surface area contributed by atoms with Gasteiger partial charge in [0.2, 0.25) is 0 Å². The van der Waals surface area contributed by atoms with Crippen LogP contribution in [-0.4, -0.2) is 9.55 Å². The van der Waals surface area contributed by atoms with Gasteiger partial charge in [-0.3, -0.25) is 0 Å². The van der Waals surface area contributed by atoms with Gasteiger partial charge in [0.25, 0.3) is 0 Å². The van der Waals surface area contributed by atoms with Crippen LogP contribution < -0.4 is 5.73 Å². The Bertz CT molecular complexity index is 636. The fraction of sp³-hybridized carbons (Fsp3) is 0.353. The monoisotopic (exact) mass is 269 g/mol. The predicted molar refractivity (Wildman–Crippen MR) is 85.8 cm³/mol. The molecule has 0 atom stereocenters. The molecular weight excluding hydrogens is 246 g/mol. The Kier molecular flexibility index (Phi) is 3.98. The summed E-state index contributed by atoms with van der Waals surface area (Å²) in [6.07, 6.45) is 1.86. The minimum Gasteiger partial charge on any atom is -0.383 e. The van der Waals surface area contributed by atoms with Crippen molar-refractivity contribution >= 4 is 5.82 Å². The number of aryl methyl sites for hydroxylation is 2. The van der Waals surface area contributed by atoms with E-state index in [0.29, 0.717) is 12.5 Å². The number of aromatic nitrogens is 2. The topological polar surface area (TPSA) is 43.8 Å². The molecule has 0 aliphatic rings. The van der Waals surface area contributed by atoms with Crippen LogP contribution in [0.2, 0.25) is 0 Å². The van der Waals surface area contributed by atoms with E-state index in [2.05, 4.69) is 52.5 Å². The van der Waals surface area contributed by atoms with Gasteiger partial charge in [0.1, 0.15) is 17.3 Å². The van der Waals surface area contributed by atoms with Gasteiger partial charge in [-0.2, -0.15) is 0 Å². The summed E-state index contributed by atoms with van der Waals surface area (Å²) < 4.78 is 2.04. The van der Waals surface area contributed by atoms with Gasteiger partial charge in [0.15, 0.2) is 0 Å². The second kappa shape index (κ2) is 5.53. The molecule has 20 heavy (non-hydrogen) atoms. The highest BCUT2D eigenvalue weighted by Gasteiger charge is 2.17. The molecule has 2 N–H and O–H groups in total. The van der Waals surface area contributed by atoms with Crippen molar-refractivity contribution in [3.05, 3.63) is 47.8 Å². The van der Waals surface area contributed by atoms with Crippen molar-refractivity contribution < 1.29 is 0 Å². The summed E-state index contributed by atoms with van der Waals surface area (Å²) in [5.41, 5.74) is 10.8. The van der Waals surface area contributed by atoms with Crippen LogP contribution in [0.25, 0.3) is 11.3 Å². The summed E-state index contributed by atoms with van der Waals surface area (Å²) in [5.74, 6) is 2.06.